The number of halogens is 1. The van der Waals surface area contributed by atoms with Gasteiger partial charge in [-0.15, -0.1) is 12.4 Å². The van der Waals surface area contributed by atoms with Crippen molar-refractivity contribution >= 4 is 18.3 Å². The van der Waals surface area contributed by atoms with Gasteiger partial charge in [-0.1, -0.05) is 23.8 Å². The Hall–Kier alpha value is -1.10. The van der Waals surface area contributed by atoms with Crippen molar-refractivity contribution in [3.8, 4) is 0 Å². The molecule has 1 aromatic rings. The molecule has 150 valence electrons. The van der Waals surface area contributed by atoms with Crippen LogP contribution in [0.15, 0.2) is 18.2 Å². The average Bonchev–Trinajstić information content (AvgIpc) is 2.96. The molecular formula is C22H33ClN2O2. The maximum absolute atomic E-state index is 13.1. The number of carbonyl (C=O) groups excluding carboxylic acids is 1. The normalized spacial score (nSPS) is 32.9. The molecule has 4 rings (SSSR count). The van der Waals surface area contributed by atoms with Crippen LogP contribution in [0.2, 0.25) is 0 Å². The lowest BCUT2D eigenvalue weighted by Gasteiger charge is -2.40. The number of rotatable bonds is 3. The first-order chi connectivity index (χ1) is 12.5. The minimum atomic E-state index is -0.000692. The lowest BCUT2D eigenvalue weighted by molar-refractivity contribution is -0.145. The van der Waals surface area contributed by atoms with Crippen LogP contribution in [0.5, 0.6) is 0 Å². The van der Waals surface area contributed by atoms with Crippen LogP contribution >= 0.6 is 12.4 Å². The number of nitrogens with one attached hydrogen (secondary N) is 1. The summed E-state index contributed by atoms with van der Waals surface area (Å²) in [6, 6.07) is 7.97. The molecule has 2 bridgehead atoms. The molecule has 4 nitrogen and oxygen atoms in total. The van der Waals surface area contributed by atoms with Crippen molar-refractivity contribution in [2.75, 3.05) is 13.2 Å². The summed E-state index contributed by atoms with van der Waals surface area (Å²) in [4.78, 5) is 15.2. The highest BCUT2D eigenvalue weighted by molar-refractivity contribution is 5.85. The Bertz CT molecular complexity index is 668. The summed E-state index contributed by atoms with van der Waals surface area (Å²) in [5, 5.41) is 3.68. The van der Waals surface area contributed by atoms with Crippen LogP contribution in [-0.2, 0) is 9.53 Å². The molecule has 3 aliphatic rings. The summed E-state index contributed by atoms with van der Waals surface area (Å²) in [5.41, 5.74) is 3.72. The van der Waals surface area contributed by atoms with Crippen LogP contribution in [0.4, 0.5) is 0 Å². The van der Waals surface area contributed by atoms with Crippen molar-refractivity contribution in [3.05, 3.63) is 34.9 Å². The summed E-state index contributed by atoms with van der Waals surface area (Å²) in [6.07, 6.45) is 5.62. The fourth-order valence-electron chi connectivity index (χ4n) is 5.11. The van der Waals surface area contributed by atoms with Gasteiger partial charge in [0.25, 0.3) is 0 Å². The lowest BCUT2D eigenvalue weighted by atomic mass is 9.89. The molecule has 1 N–H and O–H groups in total. The van der Waals surface area contributed by atoms with Gasteiger partial charge in [-0.3, -0.25) is 4.79 Å². The first-order valence-electron chi connectivity index (χ1n) is 10.2. The predicted octanol–water partition coefficient (Wildman–Crippen LogP) is 3.93. The van der Waals surface area contributed by atoms with E-state index in [-0.39, 0.29) is 24.6 Å². The fourth-order valence-corrected chi connectivity index (χ4v) is 5.11. The molecule has 3 heterocycles. The lowest BCUT2D eigenvalue weighted by Crippen LogP contribution is -2.49. The molecular weight excluding hydrogens is 360 g/mol. The second-order valence-electron chi connectivity index (χ2n) is 8.76. The Morgan fingerprint density at radius 1 is 1.22 bits per heavy atom. The number of morpholine rings is 1. The summed E-state index contributed by atoms with van der Waals surface area (Å²) in [5.74, 6) is 0.873. The summed E-state index contributed by atoms with van der Waals surface area (Å²) >= 11 is 0. The van der Waals surface area contributed by atoms with Crippen molar-refractivity contribution in [2.24, 2.45) is 5.92 Å². The maximum atomic E-state index is 13.1. The van der Waals surface area contributed by atoms with Gasteiger partial charge in [0.2, 0.25) is 5.91 Å². The number of benzene rings is 1. The van der Waals surface area contributed by atoms with Crippen LogP contribution in [0.1, 0.15) is 61.8 Å². The van der Waals surface area contributed by atoms with E-state index in [1.165, 1.54) is 42.4 Å². The molecule has 4 unspecified atom stereocenters. The fraction of sp³-hybridized carbons (Fsp3) is 0.682. The van der Waals surface area contributed by atoms with E-state index in [2.05, 4.69) is 49.2 Å². The highest BCUT2D eigenvalue weighted by atomic mass is 35.5. The molecule has 0 radical (unpaired) electrons. The van der Waals surface area contributed by atoms with Crippen molar-refractivity contribution < 1.29 is 9.53 Å². The summed E-state index contributed by atoms with van der Waals surface area (Å²) in [6.45, 7) is 7.67. The zero-order chi connectivity index (χ0) is 18.3. The van der Waals surface area contributed by atoms with Gasteiger partial charge in [-0.05, 0) is 63.5 Å². The van der Waals surface area contributed by atoms with Crippen LogP contribution in [-0.4, -0.2) is 42.1 Å². The third-order valence-corrected chi connectivity index (χ3v) is 6.57. The molecule has 0 spiro atoms. The molecule has 3 aliphatic heterocycles. The second-order valence-corrected chi connectivity index (χ2v) is 8.76. The van der Waals surface area contributed by atoms with Crippen molar-refractivity contribution in [2.45, 2.75) is 77.1 Å². The van der Waals surface area contributed by atoms with E-state index in [4.69, 9.17) is 4.74 Å². The minimum Gasteiger partial charge on any atom is -0.370 e. The standard InChI is InChI=1S/C22H32N2O2.ClH/c1-14-4-5-15(2)20(8-14)21-12-24(16(3)13-26-21)22(25)11-17-9-18-6-7-19(10-17)23-18;/h4-5,8,16-19,21,23H,6-7,9-13H2,1-3H3;1H. The molecule has 0 saturated carbocycles. The van der Waals surface area contributed by atoms with Crippen LogP contribution < -0.4 is 5.32 Å². The molecule has 4 atom stereocenters. The molecule has 0 aromatic heterocycles. The minimum absolute atomic E-state index is 0. The van der Waals surface area contributed by atoms with E-state index in [1.54, 1.807) is 0 Å². The van der Waals surface area contributed by atoms with E-state index in [0.29, 0.717) is 43.5 Å². The largest absolute Gasteiger partial charge is 0.370 e. The molecule has 0 aliphatic carbocycles. The molecule has 27 heavy (non-hydrogen) atoms. The predicted molar refractivity (Wildman–Crippen MR) is 110 cm³/mol. The maximum Gasteiger partial charge on any atom is 0.223 e. The summed E-state index contributed by atoms with van der Waals surface area (Å²) < 4.78 is 6.12. The Balaban J connectivity index is 0.00000210. The van der Waals surface area contributed by atoms with Crippen LogP contribution in [0.3, 0.4) is 0 Å². The van der Waals surface area contributed by atoms with E-state index in [0.717, 1.165) is 0 Å². The zero-order valence-electron chi connectivity index (χ0n) is 16.7. The SMILES string of the molecule is Cc1ccc(C)c(C2CN(C(=O)CC3CC4CCC(C3)N4)C(C)CO2)c1.Cl. The van der Waals surface area contributed by atoms with Crippen molar-refractivity contribution in [1.82, 2.24) is 10.2 Å². The Morgan fingerprint density at radius 2 is 1.93 bits per heavy atom. The Labute approximate surface area is 169 Å². The van der Waals surface area contributed by atoms with Gasteiger partial charge in [0.15, 0.2) is 0 Å². The third-order valence-electron chi connectivity index (χ3n) is 6.57. The van der Waals surface area contributed by atoms with Gasteiger partial charge >= 0.3 is 0 Å². The number of ether oxygens (including phenoxy) is 1. The van der Waals surface area contributed by atoms with E-state index in [9.17, 15) is 4.79 Å². The number of piperidine rings is 1. The number of fused-ring (bicyclic) bond motifs is 2. The number of hydrogen-bond donors (Lipinski definition) is 1. The number of carbonyl (C=O) groups is 1. The molecule has 1 aromatic carbocycles. The topological polar surface area (TPSA) is 41.6 Å². The first-order valence-corrected chi connectivity index (χ1v) is 10.2. The van der Waals surface area contributed by atoms with E-state index in [1.807, 2.05) is 0 Å². The van der Waals surface area contributed by atoms with E-state index < -0.39 is 0 Å². The quantitative estimate of drug-likeness (QED) is 0.847. The number of nitrogens with zero attached hydrogens (tertiary/aromatic N) is 1. The highest BCUT2D eigenvalue weighted by Gasteiger charge is 2.37. The average molecular weight is 393 g/mol. The molecule has 3 saturated heterocycles. The van der Waals surface area contributed by atoms with Gasteiger partial charge < -0.3 is 15.0 Å². The number of aryl methyl sites for hydroxylation is 2. The third kappa shape index (κ3) is 4.49. The molecule has 1 amide bonds. The highest BCUT2D eigenvalue weighted by Crippen LogP contribution is 2.34. The zero-order valence-corrected chi connectivity index (χ0v) is 17.6. The Morgan fingerprint density at radius 3 is 2.63 bits per heavy atom. The number of amides is 1. The Kier molecular flexibility index (Phi) is 6.50. The van der Waals surface area contributed by atoms with Gasteiger partial charge in [0.1, 0.15) is 6.10 Å². The van der Waals surface area contributed by atoms with Crippen molar-refractivity contribution in [1.29, 1.82) is 0 Å². The second kappa shape index (κ2) is 8.50. The van der Waals surface area contributed by atoms with Crippen LogP contribution in [0, 0.1) is 19.8 Å². The first kappa shape index (κ1) is 20.6. The number of hydrogen-bond acceptors (Lipinski definition) is 3. The monoisotopic (exact) mass is 392 g/mol. The smallest absolute Gasteiger partial charge is 0.223 e. The van der Waals surface area contributed by atoms with E-state index >= 15 is 0 Å². The summed E-state index contributed by atoms with van der Waals surface area (Å²) in [7, 11) is 0. The van der Waals surface area contributed by atoms with Crippen LogP contribution in [0.25, 0.3) is 0 Å². The van der Waals surface area contributed by atoms with Gasteiger partial charge in [0.05, 0.1) is 19.2 Å². The van der Waals surface area contributed by atoms with Gasteiger partial charge in [0, 0.05) is 18.5 Å². The molecule has 5 heteroatoms. The van der Waals surface area contributed by atoms with Crippen molar-refractivity contribution in [3.63, 3.8) is 0 Å². The molecule has 3 fully saturated rings. The van der Waals surface area contributed by atoms with Gasteiger partial charge in [-0.25, -0.2) is 0 Å². The van der Waals surface area contributed by atoms with Gasteiger partial charge in [-0.2, -0.15) is 0 Å².